The maximum absolute atomic E-state index is 13.3. The maximum Gasteiger partial charge on any atom is 0.162 e. The highest BCUT2D eigenvalue weighted by Crippen LogP contribution is 2.66. The van der Waals surface area contributed by atoms with Crippen LogP contribution in [0.4, 0.5) is 0 Å². The summed E-state index contributed by atoms with van der Waals surface area (Å²) in [5.41, 5.74) is 7.60. The van der Waals surface area contributed by atoms with Crippen LogP contribution >= 0.6 is 0 Å². The molecule has 3 aliphatic rings. The van der Waals surface area contributed by atoms with Gasteiger partial charge in [0.15, 0.2) is 5.78 Å². The Hall–Kier alpha value is -1.45. The molecule has 2 aliphatic carbocycles. The van der Waals surface area contributed by atoms with E-state index in [9.17, 15) is 4.79 Å². The van der Waals surface area contributed by atoms with Crippen molar-refractivity contribution < 1.29 is 4.79 Å². The van der Waals surface area contributed by atoms with Crippen molar-refractivity contribution in [2.24, 2.45) is 11.1 Å². The zero-order valence-corrected chi connectivity index (χ0v) is 14.3. The van der Waals surface area contributed by atoms with Crippen LogP contribution in [0, 0.1) is 5.41 Å². The molecule has 3 heteroatoms. The Morgan fingerprint density at radius 3 is 2.35 bits per heavy atom. The number of nitrogens with two attached hydrogens (primary N) is 1. The molecule has 3 rings (SSSR count). The third-order valence-electron chi connectivity index (χ3n) is 5.96. The van der Waals surface area contributed by atoms with Crippen molar-refractivity contribution in [1.82, 2.24) is 5.32 Å². The number of nitrogens with one attached hydrogen (secondary N) is 1. The number of fused-ring (bicyclic) bond motifs is 4. The van der Waals surface area contributed by atoms with Gasteiger partial charge in [0, 0.05) is 0 Å². The zero-order valence-electron chi connectivity index (χ0n) is 14.3. The van der Waals surface area contributed by atoms with Crippen molar-refractivity contribution in [3.63, 3.8) is 0 Å². The van der Waals surface area contributed by atoms with E-state index in [-0.39, 0.29) is 17.0 Å². The molecule has 124 valence electrons. The lowest BCUT2D eigenvalue weighted by Crippen LogP contribution is -2.64. The van der Waals surface area contributed by atoms with Gasteiger partial charge < -0.3 is 5.73 Å². The SMILES string of the molecule is CCC12NC(CCCCN)C(=O)C1(CC)C1=C/C=C\C=C/C=C\12. The molecule has 0 radical (unpaired) electrons. The molecule has 2 fully saturated rings. The summed E-state index contributed by atoms with van der Waals surface area (Å²) < 4.78 is 0. The van der Waals surface area contributed by atoms with E-state index in [0.717, 1.165) is 32.1 Å². The van der Waals surface area contributed by atoms with E-state index in [4.69, 9.17) is 5.73 Å². The monoisotopic (exact) mass is 312 g/mol. The number of Topliss-reactive ketones (excluding diaryl/α,β-unsaturated/α-hetero) is 1. The minimum atomic E-state index is -0.351. The van der Waals surface area contributed by atoms with Crippen LogP contribution in [0.3, 0.4) is 0 Å². The second-order valence-electron chi connectivity index (χ2n) is 6.79. The summed E-state index contributed by atoms with van der Waals surface area (Å²) in [4.78, 5) is 13.3. The summed E-state index contributed by atoms with van der Waals surface area (Å²) in [6.07, 6.45) is 17.3. The molecule has 3 N–H and O–H groups in total. The van der Waals surface area contributed by atoms with Crippen LogP contribution in [0.5, 0.6) is 0 Å². The number of ketones is 1. The van der Waals surface area contributed by atoms with Crippen molar-refractivity contribution in [2.45, 2.75) is 57.5 Å². The van der Waals surface area contributed by atoms with E-state index in [2.05, 4.69) is 43.5 Å². The van der Waals surface area contributed by atoms with Gasteiger partial charge in [-0.1, -0.05) is 56.7 Å². The minimum Gasteiger partial charge on any atom is -0.330 e. The number of hydrogen-bond donors (Lipinski definition) is 2. The van der Waals surface area contributed by atoms with Crippen LogP contribution in [0.25, 0.3) is 0 Å². The van der Waals surface area contributed by atoms with Crippen LogP contribution in [0.2, 0.25) is 0 Å². The fourth-order valence-corrected chi connectivity index (χ4v) is 4.91. The van der Waals surface area contributed by atoms with E-state index in [1.807, 2.05) is 12.2 Å². The molecular weight excluding hydrogens is 284 g/mol. The van der Waals surface area contributed by atoms with Gasteiger partial charge in [-0.15, -0.1) is 0 Å². The van der Waals surface area contributed by atoms with Crippen LogP contribution in [0.1, 0.15) is 46.0 Å². The fourth-order valence-electron chi connectivity index (χ4n) is 4.91. The Labute approximate surface area is 139 Å². The zero-order chi connectivity index (χ0) is 16.5. The van der Waals surface area contributed by atoms with Crippen LogP contribution < -0.4 is 11.1 Å². The molecule has 1 heterocycles. The van der Waals surface area contributed by atoms with Crippen molar-refractivity contribution in [3.05, 3.63) is 47.6 Å². The van der Waals surface area contributed by atoms with Gasteiger partial charge in [0.25, 0.3) is 0 Å². The lowest BCUT2D eigenvalue weighted by molar-refractivity contribution is -0.128. The highest BCUT2D eigenvalue weighted by molar-refractivity contribution is 6.02. The van der Waals surface area contributed by atoms with Gasteiger partial charge in [0.1, 0.15) is 0 Å². The average Bonchev–Trinajstić information content (AvgIpc) is 2.74. The lowest BCUT2D eigenvalue weighted by Gasteiger charge is -2.58. The van der Waals surface area contributed by atoms with E-state index in [1.54, 1.807) is 0 Å². The van der Waals surface area contributed by atoms with Crippen molar-refractivity contribution >= 4 is 5.78 Å². The predicted molar refractivity (Wildman–Crippen MR) is 95.0 cm³/mol. The summed E-state index contributed by atoms with van der Waals surface area (Å²) in [5, 5.41) is 3.74. The number of carbonyl (C=O) groups is 1. The van der Waals surface area contributed by atoms with Gasteiger partial charge in [-0.2, -0.15) is 0 Å². The molecule has 1 saturated heterocycles. The maximum atomic E-state index is 13.3. The Morgan fingerprint density at radius 1 is 1.04 bits per heavy atom. The number of hydrogen-bond acceptors (Lipinski definition) is 3. The number of carbonyl (C=O) groups excluding carboxylic acids is 1. The molecule has 1 saturated carbocycles. The first-order chi connectivity index (χ1) is 11.2. The molecular formula is C20H28N2O. The molecule has 3 nitrogen and oxygen atoms in total. The first kappa shape index (κ1) is 16.4. The van der Waals surface area contributed by atoms with Gasteiger partial charge in [-0.3, -0.25) is 10.1 Å². The third-order valence-corrected chi connectivity index (χ3v) is 5.96. The molecule has 1 aliphatic heterocycles. The highest BCUT2D eigenvalue weighted by Gasteiger charge is 2.72. The van der Waals surface area contributed by atoms with E-state index in [0.29, 0.717) is 12.3 Å². The van der Waals surface area contributed by atoms with Crippen molar-refractivity contribution in [3.8, 4) is 0 Å². The van der Waals surface area contributed by atoms with E-state index >= 15 is 0 Å². The number of allylic oxidation sites excluding steroid dienone is 6. The topological polar surface area (TPSA) is 55.1 Å². The molecule has 0 aromatic rings. The van der Waals surface area contributed by atoms with Crippen LogP contribution in [0.15, 0.2) is 47.6 Å². The molecule has 0 aromatic heterocycles. The largest absolute Gasteiger partial charge is 0.330 e. The standard InChI is InChI=1S/C20H28N2O/c1-3-19-15-11-7-5-6-8-12-16(15)20(19,4-2)22-17(18(19)23)13-9-10-14-21/h5-8,11-12,17,22H,3-4,9-10,13-14,21H2,1-2H3/b6-5?,7-5-,8-6-,11-7?,12-8?,15-11+,16-12+. The highest BCUT2D eigenvalue weighted by atomic mass is 16.1. The van der Waals surface area contributed by atoms with Crippen molar-refractivity contribution in [2.75, 3.05) is 6.54 Å². The molecule has 3 atom stereocenters. The van der Waals surface area contributed by atoms with E-state index in [1.165, 1.54) is 11.1 Å². The van der Waals surface area contributed by atoms with Gasteiger partial charge in [0.2, 0.25) is 0 Å². The molecule has 0 amide bonds. The first-order valence-corrected chi connectivity index (χ1v) is 8.96. The first-order valence-electron chi connectivity index (χ1n) is 8.96. The normalized spacial score (nSPS) is 42.2. The van der Waals surface area contributed by atoms with Gasteiger partial charge in [0.05, 0.1) is 17.0 Å². The summed E-state index contributed by atoms with van der Waals surface area (Å²) in [7, 11) is 0. The molecule has 3 unspecified atom stereocenters. The Bertz CT molecular complexity index is 613. The Morgan fingerprint density at radius 2 is 1.74 bits per heavy atom. The van der Waals surface area contributed by atoms with E-state index < -0.39 is 0 Å². The quantitative estimate of drug-likeness (QED) is 0.741. The van der Waals surface area contributed by atoms with Crippen molar-refractivity contribution in [1.29, 1.82) is 0 Å². The Kier molecular flexibility index (Phi) is 4.43. The summed E-state index contributed by atoms with van der Waals surface area (Å²) >= 11 is 0. The summed E-state index contributed by atoms with van der Waals surface area (Å²) in [6.45, 7) is 5.05. The molecule has 0 spiro atoms. The lowest BCUT2D eigenvalue weighted by atomic mass is 9.46. The van der Waals surface area contributed by atoms with Crippen LogP contribution in [-0.2, 0) is 4.79 Å². The third kappa shape index (κ3) is 2.06. The van der Waals surface area contributed by atoms with Gasteiger partial charge >= 0.3 is 0 Å². The average molecular weight is 312 g/mol. The predicted octanol–water partition coefficient (Wildman–Crippen LogP) is 3.19. The molecule has 0 aromatic carbocycles. The van der Waals surface area contributed by atoms with Gasteiger partial charge in [-0.05, 0) is 43.4 Å². The number of rotatable bonds is 6. The number of unbranched alkanes of at least 4 members (excludes halogenated alkanes) is 1. The fraction of sp³-hybridized carbons (Fsp3) is 0.550. The summed E-state index contributed by atoms with van der Waals surface area (Å²) in [5.74, 6) is 0.389. The second-order valence-corrected chi connectivity index (χ2v) is 6.79. The minimum absolute atomic E-state index is 0.0375. The Balaban J connectivity index is 2.00. The summed E-state index contributed by atoms with van der Waals surface area (Å²) in [6, 6.07) is -0.0375. The second kappa shape index (κ2) is 6.21. The van der Waals surface area contributed by atoms with Gasteiger partial charge in [-0.25, -0.2) is 0 Å². The molecule has 23 heavy (non-hydrogen) atoms. The molecule has 0 bridgehead atoms. The smallest absolute Gasteiger partial charge is 0.162 e. The van der Waals surface area contributed by atoms with Crippen LogP contribution in [-0.4, -0.2) is 23.9 Å².